The first-order valence-electron chi connectivity index (χ1n) is 8.79. The Balaban J connectivity index is 1.64. The topological polar surface area (TPSA) is 48.0 Å². The lowest BCUT2D eigenvalue weighted by Gasteiger charge is -2.08. The number of pyridine rings is 1. The van der Waals surface area contributed by atoms with E-state index in [0.717, 1.165) is 34.1 Å². The van der Waals surface area contributed by atoms with Crippen LogP contribution >= 0.6 is 0 Å². The second-order valence-corrected chi connectivity index (χ2v) is 6.67. The van der Waals surface area contributed by atoms with Gasteiger partial charge in [0, 0.05) is 42.3 Å². The van der Waals surface area contributed by atoms with E-state index >= 15 is 0 Å². The molecule has 0 aliphatic carbocycles. The lowest BCUT2D eigenvalue weighted by molar-refractivity contribution is 0.577. The van der Waals surface area contributed by atoms with Gasteiger partial charge in [0.25, 0.3) is 0 Å². The van der Waals surface area contributed by atoms with Crippen molar-refractivity contribution in [2.24, 2.45) is 0 Å². The second-order valence-electron chi connectivity index (χ2n) is 6.67. The van der Waals surface area contributed by atoms with E-state index in [9.17, 15) is 8.78 Å². The van der Waals surface area contributed by atoms with Gasteiger partial charge in [0.15, 0.2) is 5.65 Å². The SMILES string of the molecule is Cc1nc2ncc(-c3ccn4ncccc34)cc2n1Cc1cc(F)cc(F)c1. The average molecular weight is 375 g/mol. The second kappa shape index (κ2) is 6.23. The molecule has 28 heavy (non-hydrogen) atoms. The molecule has 0 saturated heterocycles. The first-order valence-corrected chi connectivity index (χ1v) is 8.79. The molecule has 4 heterocycles. The molecule has 138 valence electrons. The van der Waals surface area contributed by atoms with Crippen LogP contribution in [-0.2, 0) is 6.54 Å². The Labute approximate surface area is 158 Å². The van der Waals surface area contributed by atoms with Gasteiger partial charge in [0.05, 0.1) is 11.0 Å². The van der Waals surface area contributed by atoms with E-state index in [2.05, 4.69) is 15.1 Å². The molecule has 0 atom stereocenters. The maximum absolute atomic E-state index is 13.6. The molecule has 0 unspecified atom stereocenters. The third-order valence-electron chi connectivity index (χ3n) is 4.81. The number of hydrogen-bond acceptors (Lipinski definition) is 3. The summed E-state index contributed by atoms with van der Waals surface area (Å²) in [5.74, 6) is -0.458. The molecular formula is C21H15F2N5. The molecular weight excluding hydrogens is 360 g/mol. The lowest BCUT2D eigenvalue weighted by atomic mass is 10.1. The lowest BCUT2D eigenvalue weighted by Crippen LogP contribution is -2.03. The number of rotatable bonds is 3. The van der Waals surface area contributed by atoms with Gasteiger partial charge in [-0.05, 0) is 48.9 Å². The summed E-state index contributed by atoms with van der Waals surface area (Å²) < 4.78 is 30.9. The van der Waals surface area contributed by atoms with Crippen molar-refractivity contribution >= 4 is 16.7 Å². The molecule has 1 aromatic carbocycles. The molecule has 5 aromatic rings. The molecule has 0 fully saturated rings. The number of nitrogens with zero attached hydrogens (tertiary/aromatic N) is 5. The Morgan fingerprint density at radius 2 is 1.82 bits per heavy atom. The minimum absolute atomic E-state index is 0.306. The van der Waals surface area contributed by atoms with Crippen molar-refractivity contribution in [2.45, 2.75) is 13.5 Å². The highest BCUT2D eigenvalue weighted by molar-refractivity contribution is 5.85. The summed E-state index contributed by atoms with van der Waals surface area (Å²) >= 11 is 0. The summed E-state index contributed by atoms with van der Waals surface area (Å²) in [6.07, 6.45) is 5.41. The van der Waals surface area contributed by atoms with Crippen LogP contribution in [0.2, 0.25) is 0 Å². The maximum Gasteiger partial charge on any atom is 0.177 e. The van der Waals surface area contributed by atoms with Crippen LogP contribution in [0.1, 0.15) is 11.4 Å². The molecule has 4 aromatic heterocycles. The summed E-state index contributed by atoms with van der Waals surface area (Å²) in [5.41, 5.74) is 4.84. The molecule has 5 nitrogen and oxygen atoms in total. The molecule has 0 spiro atoms. The van der Waals surface area contributed by atoms with Crippen molar-refractivity contribution < 1.29 is 8.78 Å². The number of imidazole rings is 1. The Bertz CT molecular complexity index is 1320. The van der Waals surface area contributed by atoms with Crippen LogP contribution in [0.4, 0.5) is 8.78 Å². The normalized spacial score (nSPS) is 11.5. The summed E-state index contributed by atoms with van der Waals surface area (Å²) in [7, 11) is 0. The fraction of sp³-hybridized carbons (Fsp3) is 0.0952. The van der Waals surface area contributed by atoms with Gasteiger partial charge >= 0.3 is 0 Å². The average Bonchev–Trinajstić information content (AvgIpc) is 3.22. The van der Waals surface area contributed by atoms with Gasteiger partial charge in [-0.15, -0.1) is 0 Å². The van der Waals surface area contributed by atoms with Gasteiger partial charge in [0.2, 0.25) is 0 Å². The molecule has 7 heteroatoms. The molecule has 0 aliphatic rings. The number of fused-ring (bicyclic) bond motifs is 2. The van der Waals surface area contributed by atoms with Gasteiger partial charge in [0.1, 0.15) is 17.5 Å². The van der Waals surface area contributed by atoms with E-state index in [-0.39, 0.29) is 0 Å². The largest absolute Gasteiger partial charge is 0.322 e. The fourth-order valence-electron chi connectivity index (χ4n) is 3.54. The minimum Gasteiger partial charge on any atom is -0.322 e. The Morgan fingerprint density at radius 1 is 1.00 bits per heavy atom. The predicted molar refractivity (Wildman–Crippen MR) is 102 cm³/mol. The van der Waals surface area contributed by atoms with Crippen LogP contribution in [0.15, 0.2) is 61.1 Å². The van der Waals surface area contributed by atoms with Crippen LogP contribution in [-0.4, -0.2) is 24.1 Å². The maximum atomic E-state index is 13.6. The molecule has 0 aliphatic heterocycles. The molecule has 0 amide bonds. The highest BCUT2D eigenvalue weighted by atomic mass is 19.1. The molecule has 0 bridgehead atoms. The van der Waals surface area contributed by atoms with Crippen molar-refractivity contribution in [2.75, 3.05) is 0 Å². The van der Waals surface area contributed by atoms with Crippen molar-refractivity contribution in [1.82, 2.24) is 24.1 Å². The monoisotopic (exact) mass is 375 g/mol. The number of hydrogen-bond donors (Lipinski definition) is 0. The summed E-state index contributed by atoms with van der Waals surface area (Å²) in [4.78, 5) is 8.98. The van der Waals surface area contributed by atoms with Crippen LogP contribution in [0.3, 0.4) is 0 Å². The zero-order valence-electron chi connectivity index (χ0n) is 15.0. The van der Waals surface area contributed by atoms with E-state index in [4.69, 9.17) is 0 Å². The highest BCUT2D eigenvalue weighted by Gasteiger charge is 2.13. The van der Waals surface area contributed by atoms with E-state index < -0.39 is 11.6 Å². The van der Waals surface area contributed by atoms with E-state index in [0.29, 0.717) is 17.8 Å². The molecule has 0 radical (unpaired) electrons. The standard InChI is InChI=1S/C21H15F2N5/c1-13-26-21-20(27(13)12-14-7-16(22)10-17(23)8-14)9-15(11-24-21)18-4-6-28-19(18)3-2-5-25-28/h2-11H,12H2,1H3. The molecule has 0 N–H and O–H groups in total. The quantitative estimate of drug-likeness (QED) is 0.470. The van der Waals surface area contributed by atoms with Crippen LogP contribution in [0.25, 0.3) is 27.8 Å². The fourth-order valence-corrected chi connectivity index (χ4v) is 3.54. The van der Waals surface area contributed by atoms with Crippen LogP contribution in [0, 0.1) is 18.6 Å². The van der Waals surface area contributed by atoms with Crippen molar-refractivity contribution in [3.05, 3.63) is 84.1 Å². The van der Waals surface area contributed by atoms with Crippen LogP contribution in [0.5, 0.6) is 0 Å². The number of halogens is 2. The summed E-state index contributed by atoms with van der Waals surface area (Å²) in [5, 5.41) is 4.29. The van der Waals surface area contributed by atoms with Gasteiger partial charge in [-0.25, -0.2) is 23.3 Å². The van der Waals surface area contributed by atoms with E-state index in [1.165, 1.54) is 12.1 Å². The predicted octanol–water partition coefficient (Wildman–Crippen LogP) is 4.38. The van der Waals surface area contributed by atoms with E-state index in [1.54, 1.807) is 16.9 Å². The van der Waals surface area contributed by atoms with Crippen molar-refractivity contribution in [3.63, 3.8) is 0 Å². The number of aryl methyl sites for hydroxylation is 1. The first-order chi connectivity index (χ1) is 13.6. The van der Waals surface area contributed by atoms with Gasteiger partial charge < -0.3 is 4.57 Å². The Hall–Kier alpha value is -3.61. The minimum atomic E-state index is -0.594. The van der Waals surface area contributed by atoms with Gasteiger partial charge in [-0.3, -0.25) is 0 Å². The van der Waals surface area contributed by atoms with Crippen LogP contribution < -0.4 is 0 Å². The smallest absolute Gasteiger partial charge is 0.177 e. The van der Waals surface area contributed by atoms with Gasteiger partial charge in [-0.2, -0.15) is 5.10 Å². The zero-order chi connectivity index (χ0) is 19.3. The van der Waals surface area contributed by atoms with Crippen molar-refractivity contribution in [1.29, 1.82) is 0 Å². The molecule has 5 rings (SSSR count). The Kier molecular flexibility index (Phi) is 3.68. The number of benzene rings is 1. The first kappa shape index (κ1) is 16.6. The third-order valence-corrected chi connectivity index (χ3v) is 4.81. The zero-order valence-corrected chi connectivity index (χ0v) is 15.0. The third kappa shape index (κ3) is 2.72. The van der Waals surface area contributed by atoms with Gasteiger partial charge in [-0.1, -0.05) is 0 Å². The van der Waals surface area contributed by atoms with E-state index in [1.807, 2.05) is 42.0 Å². The highest BCUT2D eigenvalue weighted by Crippen LogP contribution is 2.28. The molecule has 0 saturated carbocycles. The number of aromatic nitrogens is 5. The Morgan fingerprint density at radius 3 is 2.64 bits per heavy atom. The summed E-state index contributed by atoms with van der Waals surface area (Å²) in [6, 6.07) is 11.4. The van der Waals surface area contributed by atoms with Crippen molar-refractivity contribution in [3.8, 4) is 11.1 Å². The summed E-state index contributed by atoms with van der Waals surface area (Å²) in [6.45, 7) is 2.16.